The topological polar surface area (TPSA) is 20.3 Å². The van der Waals surface area contributed by atoms with Crippen molar-refractivity contribution < 1.29 is 4.79 Å². The van der Waals surface area contributed by atoms with Crippen LogP contribution in [-0.2, 0) is 4.79 Å². The Morgan fingerprint density at radius 3 is 1.90 bits per heavy atom. The molecule has 0 aliphatic carbocycles. The molecule has 0 radical (unpaired) electrons. The molecule has 0 saturated carbocycles. The van der Waals surface area contributed by atoms with Gasteiger partial charge in [0.15, 0.2) is 0 Å². The van der Waals surface area contributed by atoms with Crippen molar-refractivity contribution in [1.29, 1.82) is 0 Å². The number of carbonyl (C=O) groups is 1. The van der Waals surface area contributed by atoms with E-state index in [4.69, 9.17) is 0 Å². The number of Topliss-reactive ketones (excluding diaryl/α,β-unsaturated/α-hetero) is 1. The molecule has 2 nitrogen and oxygen atoms in total. The van der Waals surface area contributed by atoms with Gasteiger partial charge in [0.2, 0.25) is 0 Å². The maximum atomic E-state index is 12.8. The van der Waals surface area contributed by atoms with Gasteiger partial charge in [0.25, 0.3) is 0 Å². The van der Waals surface area contributed by atoms with Gasteiger partial charge in [-0.05, 0) is 50.2 Å². The average Bonchev–Trinajstić information content (AvgIpc) is 2.36. The van der Waals surface area contributed by atoms with E-state index in [2.05, 4.69) is 60.3 Å². The average molecular weight is 298 g/mol. The Bertz CT molecular complexity index is 299. The van der Waals surface area contributed by atoms with Crippen molar-refractivity contribution in [2.24, 2.45) is 16.7 Å². The van der Waals surface area contributed by atoms with E-state index in [9.17, 15) is 4.79 Å². The summed E-state index contributed by atoms with van der Waals surface area (Å²) >= 11 is 0. The Balaban J connectivity index is 4.51. The highest BCUT2D eigenvalue weighted by molar-refractivity contribution is 5.85. The second-order valence-electron chi connectivity index (χ2n) is 8.09. The third kappa shape index (κ3) is 6.50. The smallest absolute Gasteiger partial charge is 0.139 e. The summed E-state index contributed by atoms with van der Waals surface area (Å²) in [4.78, 5) is 15.2. The van der Waals surface area contributed by atoms with Crippen LogP contribution >= 0.6 is 0 Å². The summed E-state index contributed by atoms with van der Waals surface area (Å²) in [6.45, 7) is 21.0. The van der Waals surface area contributed by atoms with E-state index in [0.717, 1.165) is 45.3 Å². The monoisotopic (exact) mass is 297 g/mol. The first-order chi connectivity index (χ1) is 9.58. The summed E-state index contributed by atoms with van der Waals surface area (Å²) in [5.74, 6) is 1.03. The van der Waals surface area contributed by atoms with Crippen LogP contribution in [-0.4, -0.2) is 30.3 Å². The molecule has 0 rings (SSSR count). The van der Waals surface area contributed by atoms with Crippen LogP contribution in [0.25, 0.3) is 0 Å². The van der Waals surface area contributed by atoms with Crippen molar-refractivity contribution in [3.8, 4) is 0 Å². The third-order valence-electron chi connectivity index (χ3n) is 5.11. The summed E-state index contributed by atoms with van der Waals surface area (Å²) in [5.41, 5.74) is -0.163. The van der Waals surface area contributed by atoms with E-state index in [0.29, 0.717) is 11.7 Å². The van der Waals surface area contributed by atoms with Crippen molar-refractivity contribution in [3.05, 3.63) is 0 Å². The van der Waals surface area contributed by atoms with Gasteiger partial charge in [-0.25, -0.2) is 0 Å². The first-order valence-electron chi connectivity index (χ1n) is 8.84. The second-order valence-corrected chi connectivity index (χ2v) is 8.09. The molecule has 0 fully saturated rings. The predicted octanol–water partition coefficient (Wildman–Crippen LogP) is 5.17. The van der Waals surface area contributed by atoms with Gasteiger partial charge in [0.05, 0.1) is 0 Å². The molecule has 126 valence electrons. The van der Waals surface area contributed by atoms with Crippen molar-refractivity contribution in [3.63, 3.8) is 0 Å². The van der Waals surface area contributed by atoms with Gasteiger partial charge in [0.1, 0.15) is 5.78 Å². The van der Waals surface area contributed by atoms with E-state index in [1.54, 1.807) is 0 Å². The standard InChI is InChI=1S/C19H39NO/c1-9-20(10-2)14-12-11-13-17(21)19(8,15-16(3)4)18(5,6)7/h16H,9-15H2,1-8H3. The Morgan fingerprint density at radius 2 is 1.52 bits per heavy atom. The van der Waals surface area contributed by atoms with Gasteiger partial charge in [-0.3, -0.25) is 4.79 Å². The van der Waals surface area contributed by atoms with Crippen LogP contribution in [0.4, 0.5) is 0 Å². The summed E-state index contributed by atoms with van der Waals surface area (Å²) < 4.78 is 0. The highest BCUT2D eigenvalue weighted by atomic mass is 16.1. The molecular weight excluding hydrogens is 258 g/mol. The number of rotatable bonds is 10. The van der Waals surface area contributed by atoms with Crippen LogP contribution in [0.15, 0.2) is 0 Å². The number of unbranched alkanes of at least 4 members (excludes halogenated alkanes) is 1. The lowest BCUT2D eigenvalue weighted by Crippen LogP contribution is -2.41. The minimum Gasteiger partial charge on any atom is -0.304 e. The van der Waals surface area contributed by atoms with Crippen LogP contribution in [0.1, 0.15) is 81.1 Å². The van der Waals surface area contributed by atoms with E-state index < -0.39 is 0 Å². The van der Waals surface area contributed by atoms with Crippen molar-refractivity contribution in [2.75, 3.05) is 19.6 Å². The fraction of sp³-hybridized carbons (Fsp3) is 0.947. The normalized spacial score (nSPS) is 15.5. The van der Waals surface area contributed by atoms with Crippen LogP contribution in [0.3, 0.4) is 0 Å². The maximum absolute atomic E-state index is 12.8. The summed E-state index contributed by atoms with van der Waals surface area (Å²) in [6, 6.07) is 0. The molecule has 0 aromatic rings. The van der Waals surface area contributed by atoms with E-state index >= 15 is 0 Å². The van der Waals surface area contributed by atoms with Crippen LogP contribution in [0.5, 0.6) is 0 Å². The fourth-order valence-electron chi connectivity index (χ4n) is 3.09. The Kier molecular flexibility index (Phi) is 8.77. The lowest BCUT2D eigenvalue weighted by molar-refractivity contribution is -0.135. The minimum absolute atomic E-state index is 0.0349. The predicted molar refractivity (Wildman–Crippen MR) is 93.7 cm³/mol. The quantitative estimate of drug-likeness (QED) is 0.519. The Morgan fingerprint density at radius 1 is 1.00 bits per heavy atom. The van der Waals surface area contributed by atoms with Gasteiger partial charge < -0.3 is 4.90 Å². The van der Waals surface area contributed by atoms with Crippen LogP contribution in [0.2, 0.25) is 0 Å². The molecule has 0 spiro atoms. The van der Waals surface area contributed by atoms with Crippen molar-refractivity contribution in [1.82, 2.24) is 4.90 Å². The molecule has 0 aliphatic rings. The molecule has 0 aliphatic heterocycles. The molecule has 0 bridgehead atoms. The maximum Gasteiger partial charge on any atom is 0.139 e. The minimum atomic E-state index is -0.198. The summed E-state index contributed by atoms with van der Waals surface area (Å²) in [6.07, 6.45) is 3.89. The highest BCUT2D eigenvalue weighted by Gasteiger charge is 2.43. The van der Waals surface area contributed by atoms with Gasteiger partial charge in [-0.2, -0.15) is 0 Å². The molecule has 0 N–H and O–H groups in total. The SMILES string of the molecule is CCN(CC)CCCCC(=O)C(C)(CC(C)C)C(C)(C)C. The first-order valence-corrected chi connectivity index (χ1v) is 8.84. The van der Waals surface area contributed by atoms with Crippen LogP contribution in [0, 0.1) is 16.7 Å². The molecule has 0 heterocycles. The lowest BCUT2D eigenvalue weighted by atomic mass is 9.61. The number of carbonyl (C=O) groups excluding carboxylic acids is 1. The summed E-state index contributed by atoms with van der Waals surface area (Å²) in [7, 11) is 0. The molecule has 0 saturated heterocycles. The van der Waals surface area contributed by atoms with E-state index in [1.165, 1.54) is 0 Å². The van der Waals surface area contributed by atoms with E-state index in [-0.39, 0.29) is 10.8 Å². The fourth-order valence-corrected chi connectivity index (χ4v) is 3.09. The molecule has 2 heteroatoms. The molecule has 21 heavy (non-hydrogen) atoms. The number of ketones is 1. The second kappa shape index (κ2) is 8.92. The number of hydrogen-bond acceptors (Lipinski definition) is 2. The molecule has 1 atom stereocenters. The zero-order valence-electron chi connectivity index (χ0n) is 15.9. The lowest BCUT2D eigenvalue weighted by Gasteiger charge is -2.42. The van der Waals surface area contributed by atoms with Crippen LogP contribution < -0.4 is 0 Å². The Labute approximate surface area is 133 Å². The molecule has 1 unspecified atom stereocenters. The van der Waals surface area contributed by atoms with Crippen molar-refractivity contribution in [2.45, 2.75) is 81.1 Å². The molecule has 0 amide bonds. The van der Waals surface area contributed by atoms with Gasteiger partial charge in [-0.1, -0.05) is 55.4 Å². The third-order valence-corrected chi connectivity index (χ3v) is 5.11. The zero-order valence-corrected chi connectivity index (χ0v) is 15.9. The molecule has 0 aromatic carbocycles. The first kappa shape index (κ1) is 20.6. The van der Waals surface area contributed by atoms with Crippen molar-refractivity contribution >= 4 is 5.78 Å². The van der Waals surface area contributed by atoms with Gasteiger partial charge in [-0.15, -0.1) is 0 Å². The summed E-state index contributed by atoms with van der Waals surface area (Å²) in [5, 5.41) is 0. The molecule has 0 aromatic heterocycles. The largest absolute Gasteiger partial charge is 0.304 e. The van der Waals surface area contributed by atoms with E-state index in [1.807, 2.05) is 0 Å². The highest BCUT2D eigenvalue weighted by Crippen LogP contribution is 2.45. The molecular formula is C19H39NO. The number of nitrogens with zero attached hydrogens (tertiary/aromatic N) is 1. The number of hydrogen-bond donors (Lipinski definition) is 0. The van der Waals surface area contributed by atoms with Gasteiger partial charge >= 0.3 is 0 Å². The Hall–Kier alpha value is -0.370. The van der Waals surface area contributed by atoms with Gasteiger partial charge in [0, 0.05) is 11.8 Å². The zero-order chi connectivity index (χ0) is 16.7.